The van der Waals surface area contributed by atoms with Crippen LogP contribution in [0.25, 0.3) is 28.0 Å². The summed E-state index contributed by atoms with van der Waals surface area (Å²) >= 11 is 17.4. The van der Waals surface area contributed by atoms with Gasteiger partial charge in [-0.2, -0.15) is 0 Å². The van der Waals surface area contributed by atoms with Crippen molar-refractivity contribution in [3.63, 3.8) is 0 Å². The lowest BCUT2D eigenvalue weighted by atomic mass is 10.1. The third-order valence-electron chi connectivity index (χ3n) is 3.91. The third kappa shape index (κ3) is 2.84. The van der Waals surface area contributed by atoms with Crippen molar-refractivity contribution >= 4 is 41.1 Å². The van der Waals surface area contributed by atoms with Crippen molar-refractivity contribution in [1.29, 1.82) is 0 Å². The first-order chi connectivity index (χ1) is 12.0. The first-order valence-corrected chi connectivity index (χ1v) is 8.52. The van der Waals surface area contributed by atoms with Crippen LogP contribution in [0.2, 0.25) is 10.0 Å². The highest BCUT2D eigenvalue weighted by atomic mass is 35.5. The second kappa shape index (κ2) is 6.26. The van der Waals surface area contributed by atoms with Gasteiger partial charge in [-0.05, 0) is 30.4 Å². The Morgan fingerprint density at radius 1 is 1.04 bits per heavy atom. The first-order valence-electron chi connectivity index (χ1n) is 7.35. The molecule has 0 spiro atoms. The molecule has 2 aromatic heterocycles. The fourth-order valence-corrected chi connectivity index (χ4v) is 3.19. The molecule has 0 aliphatic heterocycles. The van der Waals surface area contributed by atoms with Crippen molar-refractivity contribution in [3.05, 3.63) is 75.5 Å². The fraction of sp³-hybridized carbons (Fsp3) is 0. The summed E-state index contributed by atoms with van der Waals surface area (Å²) in [6, 6.07) is 11.9. The van der Waals surface area contributed by atoms with Crippen molar-refractivity contribution in [2.75, 3.05) is 0 Å². The average Bonchev–Trinajstić information content (AvgIpc) is 3.05. The molecule has 0 atom stereocenters. The molecule has 0 saturated heterocycles. The molecule has 4 rings (SSSR count). The number of H-pyrrole nitrogens is 1. The van der Waals surface area contributed by atoms with Gasteiger partial charge < -0.3 is 4.98 Å². The molecule has 3 nitrogen and oxygen atoms in total. The highest BCUT2D eigenvalue weighted by molar-refractivity contribution is 7.71. The standard InChI is InChI=1S/C18H10Cl2FN3S/c19-13-6-5-10(7-14(13)20)16-9-24-17(23-16)12(8-22-18(24)25)11-3-1-2-4-15(11)21/h1-9,23H. The van der Waals surface area contributed by atoms with Gasteiger partial charge in [0.15, 0.2) is 0 Å². The first kappa shape index (κ1) is 16.3. The molecule has 25 heavy (non-hydrogen) atoms. The molecular weight excluding hydrogens is 380 g/mol. The number of imidazole rings is 1. The average molecular weight is 390 g/mol. The van der Waals surface area contributed by atoms with Gasteiger partial charge in [0.25, 0.3) is 0 Å². The van der Waals surface area contributed by atoms with Gasteiger partial charge in [0.2, 0.25) is 4.77 Å². The van der Waals surface area contributed by atoms with E-state index in [1.54, 1.807) is 40.9 Å². The number of benzene rings is 2. The van der Waals surface area contributed by atoms with Crippen LogP contribution in [0.15, 0.2) is 54.9 Å². The molecule has 0 amide bonds. The Balaban J connectivity index is 1.98. The minimum Gasteiger partial charge on any atom is -0.339 e. The molecule has 2 aromatic carbocycles. The summed E-state index contributed by atoms with van der Waals surface area (Å²) in [5.74, 6) is -0.325. The molecule has 0 unspecified atom stereocenters. The minimum absolute atomic E-state index is 0.325. The lowest BCUT2D eigenvalue weighted by molar-refractivity contribution is 0.631. The fourth-order valence-electron chi connectivity index (χ4n) is 2.69. The van der Waals surface area contributed by atoms with Crippen LogP contribution >= 0.6 is 35.4 Å². The van der Waals surface area contributed by atoms with Crippen LogP contribution in [0.5, 0.6) is 0 Å². The summed E-state index contributed by atoms with van der Waals surface area (Å²) in [7, 11) is 0. The number of aromatic nitrogens is 3. The predicted molar refractivity (Wildman–Crippen MR) is 101 cm³/mol. The summed E-state index contributed by atoms with van der Waals surface area (Å²) < 4.78 is 16.3. The van der Waals surface area contributed by atoms with Gasteiger partial charge in [-0.15, -0.1) is 0 Å². The molecule has 0 radical (unpaired) electrons. The van der Waals surface area contributed by atoms with Crippen LogP contribution in [-0.4, -0.2) is 14.4 Å². The molecule has 4 aromatic rings. The molecule has 7 heteroatoms. The van der Waals surface area contributed by atoms with Gasteiger partial charge in [0, 0.05) is 29.1 Å². The minimum atomic E-state index is -0.325. The quantitative estimate of drug-likeness (QED) is 0.415. The Hall–Kier alpha value is -2.21. The van der Waals surface area contributed by atoms with Crippen LogP contribution in [0.3, 0.4) is 0 Å². The second-order valence-electron chi connectivity index (χ2n) is 5.45. The number of aromatic amines is 1. The van der Waals surface area contributed by atoms with Crippen LogP contribution in [0.1, 0.15) is 0 Å². The van der Waals surface area contributed by atoms with Gasteiger partial charge in [0.05, 0.1) is 15.7 Å². The van der Waals surface area contributed by atoms with Crippen molar-refractivity contribution in [3.8, 4) is 22.4 Å². The monoisotopic (exact) mass is 389 g/mol. The number of fused-ring (bicyclic) bond motifs is 1. The molecule has 0 saturated carbocycles. The smallest absolute Gasteiger partial charge is 0.205 e. The van der Waals surface area contributed by atoms with E-state index in [1.807, 2.05) is 12.3 Å². The van der Waals surface area contributed by atoms with Gasteiger partial charge in [-0.25, -0.2) is 9.37 Å². The summed E-state index contributed by atoms with van der Waals surface area (Å²) in [6.07, 6.45) is 3.39. The zero-order chi connectivity index (χ0) is 17.6. The Labute approximate surface area is 157 Å². The van der Waals surface area contributed by atoms with Gasteiger partial charge in [-0.3, -0.25) is 4.40 Å². The number of nitrogens with one attached hydrogen (secondary N) is 1. The SMILES string of the molecule is Fc1ccccc1-c1cnc(=S)n2cc(-c3ccc(Cl)c(Cl)c3)[nH]c12. The Bertz CT molecular complexity index is 1170. The number of nitrogens with zero attached hydrogens (tertiary/aromatic N) is 2. The molecular formula is C18H10Cl2FN3S. The van der Waals surface area contributed by atoms with E-state index >= 15 is 0 Å². The largest absolute Gasteiger partial charge is 0.339 e. The molecule has 0 aliphatic rings. The van der Waals surface area contributed by atoms with E-state index in [1.165, 1.54) is 6.07 Å². The van der Waals surface area contributed by atoms with E-state index < -0.39 is 0 Å². The van der Waals surface area contributed by atoms with Gasteiger partial charge in [0.1, 0.15) is 11.5 Å². The third-order valence-corrected chi connectivity index (χ3v) is 4.95. The van der Waals surface area contributed by atoms with Crippen molar-refractivity contribution < 1.29 is 4.39 Å². The van der Waals surface area contributed by atoms with Crippen LogP contribution in [-0.2, 0) is 0 Å². The van der Waals surface area contributed by atoms with E-state index in [0.717, 1.165) is 11.3 Å². The maximum absolute atomic E-state index is 14.2. The van der Waals surface area contributed by atoms with E-state index in [2.05, 4.69) is 9.97 Å². The molecule has 124 valence electrons. The predicted octanol–water partition coefficient (Wildman–Crippen LogP) is 6.17. The number of hydrogen-bond donors (Lipinski definition) is 1. The van der Waals surface area contributed by atoms with E-state index in [-0.39, 0.29) is 5.82 Å². The zero-order valence-corrected chi connectivity index (χ0v) is 15.0. The van der Waals surface area contributed by atoms with Crippen molar-refractivity contribution in [1.82, 2.24) is 14.4 Å². The molecule has 1 N–H and O–H groups in total. The van der Waals surface area contributed by atoms with Gasteiger partial charge in [-0.1, -0.05) is 47.5 Å². The zero-order valence-electron chi connectivity index (χ0n) is 12.6. The summed E-state index contributed by atoms with van der Waals surface area (Å²) in [4.78, 5) is 7.49. The Morgan fingerprint density at radius 2 is 1.84 bits per heavy atom. The lowest BCUT2D eigenvalue weighted by Crippen LogP contribution is -1.94. The van der Waals surface area contributed by atoms with E-state index in [0.29, 0.717) is 31.6 Å². The lowest BCUT2D eigenvalue weighted by Gasteiger charge is -2.05. The normalized spacial score (nSPS) is 11.2. The maximum Gasteiger partial charge on any atom is 0.205 e. The molecule has 0 fully saturated rings. The summed E-state index contributed by atoms with van der Waals surface area (Å²) in [5, 5.41) is 0.931. The molecule has 2 heterocycles. The summed E-state index contributed by atoms with van der Waals surface area (Å²) in [6.45, 7) is 0. The van der Waals surface area contributed by atoms with Crippen LogP contribution in [0, 0.1) is 10.6 Å². The van der Waals surface area contributed by atoms with Crippen molar-refractivity contribution in [2.24, 2.45) is 0 Å². The highest BCUT2D eigenvalue weighted by Crippen LogP contribution is 2.31. The van der Waals surface area contributed by atoms with Crippen LogP contribution < -0.4 is 0 Å². The number of rotatable bonds is 2. The van der Waals surface area contributed by atoms with Crippen molar-refractivity contribution in [2.45, 2.75) is 0 Å². The topological polar surface area (TPSA) is 33.1 Å². The van der Waals surface area contributed by atoms with Gasteiger partial charge >= 0.3 is 0 Å². The highest BCUT2D eigenvalue weighted by Gasteiger charge is 2.13. The Kier molecular flexibility index (Phi) is 4.07. The second-order valence-corrected chi connectivity index (χ2v) is 6.63. The number of hydrogen-bond acceptors (Lipinski definition) is 2. The molecule has 0 aliphatic carbocycles. The number of halogens is 3. The van der Waals surface area contributed by atoms with E-state index in [4.69, 9.17) is 35.4 Å². The maximum atomic E-state index is 14.2. The van der Waals surface area contributed by atoms with E-state index in [9.17, 15) is 4.39 Å². The molecule has 0 bridgehead atoms. The Morgan fingerprint density at radius 3 is 2.60 bits per heavy atom. The van der Waals surface area contributed by atoms with Crippen LogP contribution in [0.4, 0.5) is 4.39 Å². The summed E-state index contributed by atoms with van der Waals surface area (Å²) in [5.41, 5.74) is 3.34.